The number of aryl methyl sites for hydroxylation is 1. The molecule has 1 fully saturated rings. The molecule has 0 amide bonds. The molecular formula is C29H29FN4O3S. The van der Waals surface area contributed by atoms with Crippen LogP contribution in [0.1, 0.15) is 45.2 Å². The molecule has 0 radical (unpaired) electrons. The van der Waals surface area contributed by atoms with Gasteiger partial charge in [0.1, 0.15) is 23.1 Å². The van der Waals surface area contributed by atoms with E-state index >= 15 is 0 Å². The second kappa shape index (κ2) is 10.8. The Labute approximate surface area is 224 Å². The molecule has 3 aromatic heterocycles. The molecule has 0 saturated carbocycles. The minimum atomic E-state index is -0.263. The van der Waals surface area contributed by atoms with Crippen LogP contribution < -0.4 is 4.74 Å². The van der Waals surface area contributed by atoms with Gasteiger partial charge in [-0.1, -0.05) is 24.3 Å². The Balaban J connectivity index is 1.12. The highest BCUT2D eigenvalue weighted by Crippen LogP contribution is 2.29. The Morgan fingerprint density at radius 1 is 1.24 bits per heavy atom. The third-order valence-electron chi connectivity index (χ3n) is 7.14. The van der Waals surface area contributed by atoms with E-state index in [1.165, 1.54) is 23.0 Å². The Kier molecular flexibility index (Phi) is 7.06. The predicted molar refractivity (Wildman–Crippen MR) is 145 cm³/mol. The Bertz CT molecular complexity index is 1510. The fourth-order valence-corrected chi connectivity index (χ4v) is 5.74. The first kappa shape index (κ1) is 24.9. The fraction of sp³-hybridized carbons (Fsp3) is 0.345. The summed E-state index contributed by atoms with van der Waals surface area (Å²) in [7, 11) is 0. The Hall–Kier alpha value is -3.40. The average molecular weight is 533 g/mol. The maximum atomic E-state index is 14.2. The smallest absolute Gasteiger partial charge is 0.214 e. The number of ether oxygens (including phenoxy) is 2. The van der Waals surface area contributed by atoms with Crippen molar-refractivity contribution < 1.29 is 18.7 Å². The van der Waals surface area contributed by atoms with Crippen molar-refractivity contribution in [1.29, 1.82) is 0 Å². The van der Waals surface area contributed by atoms with Gasteiger partial charge in [-0.3, -0.25) is 9.69 Å². The van der Waals surface area contributed by atoms with Crippen LogP contribution in [-0.2, 0) is 24.4 Å². The lowest BCUT2D eigenvalue weighted by Gasteiger charge is -2.29. The van der Waals surface area contributed by atoms with Crippen molar-refractivity contribution in [3.8, 4) is 5.88 Å². The van der Waals surface area contributed by atoms with Crippen molar-refractivity contribution in [2.45, 2.75) is 45.6 Å². The lowest BCUT2D eigenvalue weighted by molar-refractivity contribution is -0.0591. The van der Waals surface area contributed by atoms with Crippen molar-refractivity contribution in [2.24, 2.45) is 0 Å². The van der Waals surface area contributed by atoms with Crippen molar-refractivity contribution in [2.75, 3.05) is 19.7 Å². The molecule has 38 heavy (non-hydrogen) atoms. The number of pyridine rings is 1. The summed E-state index contributed by atoms with van der Waals surface area (Å²) in [5.74, 6) is 1.23. The average Bonchev–Trinajstić information content (AvgIpc) is 3.44. The molecule has 1 atom stereocenters. The summed E-state index contributed by atoms with van der Waals surface area (Å²) in [6.07, 6.45) is 5.22. The number of nitrogens with zero attached hydrogens (tertiary/aromatic N) is 4. The molecule has 4 aromatic rings. The van der Waals surface area contributed by atoms with Gasteiger partial charge in [0, 0.05) is 31.3 Å². The van der Waals surface area contributed by atoms with Crippen LogP contribution in [0.4, 0.5) is 4.39 Å². The van der Waals surface area contributed by atoms with E-state index in [2.05, 4.69) is 20.5 Å². The zero-order valence-electron chi connectivity index (χ0n) is 21.2. The third kappa shape index (κ3) is 5.27. The normalized spacial score (nSPS) is 17.8. The van der Waals surface area contributed by atoms with E-state index < -0.39 is 0 Å². The van der Waals surface area contributed by atoms with E-state index in [9.17, 15) is 9.18 Å². The van der Waals surface area contributed by atoms with Crippen LogP contribution in [0, 0.1) is 12.7 Å². The maximum Gasteiger partial charge on any atom is 0.214 e. The van der Waals surface area contributed by atoms with Gasteiger partial charge in [0.15, 0.2) is 6.29 Å². The molecule has 196 valence electrons. The molecule has 5 heterocycles. The van der Waals surface area contributed by atoms with Crippen molar-refractivity contribution in [3.05, 3.63) is 81.9 Å². The van der Waals surface area contributed by atoms with Gasteiger partial charge in [-0.15, -0.1) is 11.3 Å². The van der Waals surface area contributed by atoms with Gasteiger partial charge < -0.3 is 14.0 Å². The quantitative estimate of drug-likeness (QED) is 0.269. The number of carbonyl (C=O) groups excluding carboxylic acids is 1. The van der Waals surface area contributed by atoms with Crippen molar-refractivity contribution >= 4 is 33.5 Å². The number of aromatic nitrogens is 3. The summed E-state index contributed by atoms with van der Waals surface area (Å²) in [5.41, 5.74) is 4.48. The number of halogens is 1. The van der Waals surface area contributed by atoms with E-state index in [1.54, 1.807) is 12.1 Å². The van der Waals surface area contributed by atoms with Crippen LogP contribution in [0.3, 0.4) is 0 Å². The largest absolute Gasteiger partial charge is 0.473 e. The zero-order valence-corrected chi connectivity index (χ0v) is 22.0. The fourth-order valence-electron chi connectivity index (χ4n) is 4.88. The lowest BCUT2D eigenvalue weighted by atomic mass is 10.0. The number of hydrogen-bond donors (Lipinski definition) is 0. The molecule has 0 aliphatic carbocycles. The highest BCUT2D eigenvalue weighted by Gasteiger charge is 2.24. The molecule has 1 aromatic carbocycles. The van der Waals surface area contributed by atoms with Crippen LogP contribution in [0.15, 0.2) is 48.5 Å². The van der Waals surface area contributed by atoms with Gasteiger partial charge in [0.05, 0.1) is 35.3 Å². The molecule has 2 aliphatic heterocycles. The molecular weight excluding hydrogens is 503 g/mol. The highest BCUT2D eigenvalue weighted by atomic mass is 32.1. The predicted octanol–water partition coefficient (Wildman–Crippen LogP) is 5.41. The van der Waals surface area contributed by atoms with E-state index in [0.717, 1.165) is 79.3 Å². The SMILES string of the molecule is Cc1ccc(COc2cccc(C3=CCN(Cc4nc5sc(C=O)cc5n4C[C@@H]4CCO4)CC3)n2)c(F)c1. The number of rotatable bonds is 9. The Morgan fingerprint density at radius 2 is 2.13 bits per heavy atom. The Morgan fingerprint density at radius 3 is 2.87 bits per heavy atom. The minimum absolute atomic E-state index is 0.139. The second-order valence-corrected chi connectivity index (χ2v) is 10.9. The number of thiophene rings is 1. The van der Waals surface area contributed by atoms with E-state index in [-0.39, 0.29) is 18.5 Å². The van der Waals surface area contributed by atoms with Gasteiger partial charge in [-0.25, -0.2) is 14.4 Å². The van der Waals surface area contributed by atoms with Gasteiger partial charge in [0.25, 0.3) is 0 Å². The van der Waals surface area contributed by atoms with Crippen LogP contribution >= 0.6 is 11.3 Å². The van der Waals surface area contributed by atoms with Crippen LogP contribution in [0.25, 0.3) is 15.9 Å². The van der Waals surface area contributed by atoms with Crippen LogP contribution in [0.2, 0.25) is 0 Å². The summed E-state index contributed by atoms with van der Waals surface area (Å²) < 4.78 is 27.9. The first-order valence-electron chi connectivity index (χ1n) is 12.9. The van der Waals surface area contributed by atoms with Gasteiger partial charge in [-0.2, -0.15) is 0 Å². The van der Waals surface area contributed by atoms with Crippen molar-refractivity contribution in [1.82, 2.24) is 19.4 Å². The number of fused-ring (bicyclic) bond motifs is 1. The number of carbonyl (C=O) groups is 1. The monoisotopic (exact) mass is 532 g/mol. The summed E-state index contributed by atoms with van der Waals surface area (Å²) in [4.78, 5) is 24.8. The van der Waals surface area contributed by atoms with E-state index in [0.29, 0.717) is 16.3 Å². The molecule has 6 rings (SSSR count). The number of imidazole rings is 1. The molecule has 2 aliphatic rings. The zero-order chi connectivity index (χ0) is 26.1. The molecule has 7 nitrogen and oxygen atoms in total. The molecule has 0 unspecified atom stereocenters. The maximum absolute atomic E-state index is 14.2. The first-order valence-corrected chi connectivity index (χ1v) is 13.7. The van der Waals surface area contributed by atoms with Gasteiger partial charge in [0.2, 0.25) is 5.88 Å². The molecule has 0 bridgehead atoms. The van der Waals surface area contributed by atoms with Crippen LogP contribution in [0.5, 0.6) is 5.88 Å². The molecule has 0 N–H and O–H groups in total. The number of benzene rings is 1. The number of hydrogen-bond acceptors (Lipinski definition) is 7. The molecule has 1 saturated heterocycles. The highest BCUT2D eigenvalue weighted by molar-refractivity contribution is 7.20. The first-order chi connectivity index (χ1) is 18.6. The molecule has 0 spiro atoms. The summed E-state index contributed by atoms with van der Waals surface area (Å²) in [6, 6.07) is 12.8. The van der Waals surface area contributed by atoms with Gasteiger partial charge >= 0.3 is 0 Å². The second-order valence-electron chi connectivity index (χ2n) is 9.84. The number of aldehydes is 1. The summed E-state index contributed by atoms with van der Waals surface area (Å²) in [5, 5.41) is 0. The van der Waals surface area contributed by atoms with E-state index in [1.807, 2.05) is 31.2 Å². The standard InChI is InChI=1S/C29H29FN4O3S/c1-19-5-6-21(24(30)13-19)18-37-28-4-2-3-25(31-28)20-7-10-33(11-8-20)16-27-32-29-26(14-23(17-35)38-29)34(27)15-22-9-12-36-22/h2-7,13-14,17,22H,8-12,15-16,18H2,1H3/t22-/m0/s1. The molecule has 9 heteroatoms. The lowest BCUT2D eigenvalue weighted by Crippen LogP contribution is -2.33. The summed E-state index contributed by atoms with van der Waals surface area (Å²) >= 11 is 1.44. The summed E-state index contributed by atoms with van der Waals surface area (Å²) in [6.45, 7) is 5.97. The van der Waals surface area contributed by atoms with Gasteiger partial charge in [-0.05, 0) is 49.1 Å². The van der Waals surface area contributed by atoms with Crippen LogP contribution in [-0.4, -0.2) is 51.5 Å². The topological polar surface area (TPSA) is 69.5 Å². The minimum Gasteiger partial charge on any atom is -0.473 e. The van der Waals surface area contributed by atoms with E-state index in [4.69, 9.17) is 14.5 Å². The third-order valence-corrected chi connectivity index (χ3v) is 8.08. The van der Waals surface area contributed by atoms with Crippen molar-refractivity contribution in [3.63, 3.8) is 0 Å².